The molecule has 0 aliphatic heterocycles. The van der Waals surface area contributed by atoms with E-state index >= 15 is 0 Å². The lowest BCUT2D eigenvalue weighted by Gasteiger charge is -2.41. The van der Waals surface area contributed by atoms with Crippen LogP contribution in [0.3, 0.4) is 0 Å². The zero-order chi connectivity index (χ0) is 22.5. The van der Waals surface area contributed by atoms with Crippen molar-refractivity contribution in [3.63, 3.8) is 0 Å². The van der Waals surface area contributed by atoms with Crippen LogP contribution in [0, 0.1) is 0 Å². The van der Waals surface area contributed by atoms with Crippen LogP contribution in [0.1, 0.15) is 6.92 Å². The van der Waals surface area contributed by atoms with Crippen LogP contribution in [0.2, 0.25) is 0 Å². The Kier molecular flexibility index (Phi) is 6.38. The van der Waals surface area contributed by atoms with Crippen molar-refractivity contribution in [3.05, 3.63) is 0 Å². The molecule has 0 aromatic carbocycles. The molecule has 0 aliphatic rings. The molecule has 0 fully saturated rings. The van der Waals surface area contributed by atoms with E-state index in [2.05, 4.69) is 11.6 Å². The predicted molar refractivity (Wildman–Crippen MR) is 59.2 cm³/mol. The molecule has 2 nitrogen and oxygen atoms in total. The van der Waals surface area contributed by atoms with Gasteiger partial charge in [-0.3, -0.25) is 4.79 Å². The monoisotopic (exact) mass is 457 g/mol. The molecule has 0 bridgehead atoms. The summed E-state index contributed by atoms with van der Waals surface area (Å²) in [5.74, 6) is -50.0. The van der Waals surface area contributed by atoms with Crippen LogP contribution in [0.15, 0.2) is 0 Å². The summed E-state index contributed by atoms with van der Waals surface area (Å²) in [4.78, 5) is 10.7. The second-order valence-electron chi connectivity index (χ2n) is 4.80. The Hall–Kier alpha value is -1.22. The number of carbonyl (C=O) groups is 1. The number of hydrogen-bond acceptors (Lipinski definition) is 1. The minimum atomic E-state index is -8.23. The second kappa shape index (κ2) is 6.69. The molecule has 27 heavy (non-hydrogen) atoms. The summed E-state index contributed by atoms with van der Waals surface area (Å²) in [6, 6.07) is 0. The van der Waals surface area contributed by atoms with Gasteiger partial charge in [-0.2, -0.15) is 61.5 Å². The largest absolute Gasteiger partial charge is 0.393 e. The highest BCUT2D eigenvalue weighted by Gasteiger charge is 2.93. The SMILES string of the molecule is CCNC(=O)C(F)(F)C(F)(F)C(F)(F)C(F)(F)C(F)(F)C(F)(F)C(F)(F)Cl. The highest BCUT2D eigenvalue weighted by Crippen LogP contribution is 2.62. The molecule has 17 heteroatoms. The molecular formula is C10H6ClF14NO. The Morgan fingerprint density at radius 2 is 0.963 bits per heavy atom. The zero-order valence-corrected chi connectivity index (χ0v) is 13.0. The number of rotatable bonds is 8. The second-order valence-corrected chi connectivity index (χ2v) is 5.28. The fourth-order valence-electron chi connectivity index (χ4n) is 1.38. The number of alkyl halides is 15. The first-order valence-corrected chi connectivity index (χ1v) is 6.48. The Morgan fingerprint density at radius 3 is 1.26 bits per heavy atom. The molecule has 0 saturated heterocycles. The van der Waals surface area contributed by atoms with E-state index in [9.17, 15) is 66.3 Å². The van der Waals surface area contributed by atoms with E-state index in [-0.39, 0.29) is 0 Å². The highest BCUT2D eigenvalue weighted by molar-refractivity contribution is 6.22. The van der Waals surface area contributed by atoms with Crippen molar-refractivity contribution in [1.82, 2.24) is 5.32 Å². The highest BCUT2D eigenvalue weighted by atomic mass is 35.5. The van der Waals surface area contributed by atoms with Crippen molar-refractivity contribution in [3.8, 4) is 0 Å². The van der Waals surface area contributed by atoms with Gasteiger partial charge in [-0.15, -0.1) is 0 Å². The number of halogens is 15. The Balaban J connectivity index is 6.51. The topological polar surface area (TPSA) is 29.1 Å². The van der Waals surface area contributed by atoms with Crippen molar-refractivity contribution >= 4 is 17.5 Å². The van der Waals surface area contributed by atoms with Crippen LogP contribution in [-0.4, -0.2) is 53.4 Å². The lowest BCUT2D eigenvalue weighted by atomic mass is 9.91. The van der Waals surface area contributed by atoms with E-state index in [4.69, 9.17) is 0 Å². The van der Waals surface area contributed by atoms with Crippen LogP contribution in [0.25, 0.3) is 0 Å². The first kappa shape index (κ1) is 25.8. The standard InChI is InChI=1S/C10H6ClF14NO/c1-2-26-3(27)4(12,13)5(14,15)6(16,17)7(18,19)8(20,21)9(22,23)10(11,24)25/h2H2,1H3,(H,26,27). The Labute approximate surface area is 144 Å². The fourth-order valence-corrected chi connectivity index (χ4v) is 1.50. The average Bonchev–Trinajstić information content (AvgIpc) is 2.45. The summed E-state index contributed by atoms with van der Waals surface area (Å²) in [6.45, 7) is -0.199. The molecule has 162 valence electrons. The molecule has 0 atom stereocenters. The Morgan fingerprint density at radius 1 is 0.667 bits per heavy atom. The van der Waals surface area contributed by atoms with Crippen molar-refractivity contribution in [2.75, 3.05) is 6.54 Å². The molecule has 0 heterocycles. The lowest BCUT2D eigenvalue weighted by molar-refractivity contribution is -0.431. The van der Waals surface area contributed by atoms with Gasteiger partial charge >= 0.3 is 40.9 Å². The third-order valence-electron chi connectivity index (χ3n) is 2.95. The van der Waals surface area contributed by atoms with Crippen LogP contribution in [-0.2, 0) is 4.79 Å². The van der Waals surface area contributed by atoms with Gasteiger partial charge in [0.2, 0.25) is 0 Å². The first-order chi connectivity index (χ1) is 11.5. The van der Waals surface area contributed by atoms with Crippen molar-refractivity contribution in [2.24, 2.45) is 0 Å². The van der Waals surface area contributed by atoms with Gasteiger partial charge in [-0.05, 0) is 18.5 Å². The molecular weight excluding hydrogens is 452 g/mol. The number of amides is 1. The summed E-state index contributed by atoms with van der Waals surface area (Å²) in [6.07, 6.45) is 0. The Bertz CT molecular complexity index is 569. The van der Waals surface area contributed by atoms with Gasteiger partial charge in [0, 0.05) is 6.54 Å². The molecule has 0 radical (unpaired) electrons. The summed E-state index contributed by atoms with van der Waals surface area (Å²) >= 11 is 3.42. The van der Waals surface area contributed by atoms with E-state index in [1.54, 1.807) is 0 Å². The minimum Gasteiger partial charge on any atom is -0.351 e. The summed E-state index contributed by atoms with van der Waals surface area (Å²) in [7, 11) is 0. The molecule has 0 spiro atoms. The minimum absolute atomic E-state index is 0.760. The van der Waals surface area contributed by atoms with E-state index < -0.39 is 53.4 Å². The van der Waals surface area contributed by atoms with Gasteiger partial charge in [0.05, 0.1) is 0 Å². The summed E-state index contributed by atoms with van der Waals surface area (Å²) in [5.41, 5.74) is 0. The maximum Gasteiger partial charge on any atom is 0.393 e. The lowest BCUT2D eigenvalue weighted by Crippen LogP contribution is -2.73. The summed E-state index contributed by atoms with van der Waals surface area (Å²) in [5, 5.41) is -5.90. The van der Waals surface area contributed by atoms with E-state index in [1.807, 2.05) is 0 Å². The maximum atomic E-state index is 13.2. The molecule has 1 N–H and O–H groups in total. The quantitative estimate of drug-likeness (QED) is 0.413. The van der Waals surface area contributed by atoms with E-state index in [1.165, 1.54) is 0 Å². The van der Waals surface area contributed by atoms with Gasteiger partial charge in [0.15, 0.2) is 0 Å². The zero-order valence-electron chi connectivity index (χ0n) is 12.3. The number of nitrogens with one attached hydrogen (secondary N) is 1. The normalized spacial score (nSPS) is 15.7. The molecule has 0 rings (SSSR count). The molecule has 0 aromatic heterocycles. The van der Waals surface area contributed by atoms with Gasteiger partial charge in [0.1, 0.15) is 0 Å². The molecule has 0 aliphatic carbocycles. The number of hydrogen-bond donors (Lipinski definition) is 1. The van der Waals surface area contributed by atoms with Gasteiger partial charge < -0.3 is 5.32 Å². The van der Waals surface area contributed by atoms with Crippen LogP contribution < -0.4 is 5.32 Å². The molecule has 0 unspecified atom stereocenters. The summed E-state index contributed by atoms with van der Waals surface area (Å²) < 4.78 is 181. The number of carbonyl (C=O) groups excluding carboxylic acids is 1. The third-order valence-corrected chi connectivity index (χ3v) is 3.19. The van der Waals surface area contributed by atoms with E-state index in [0.29, 0.717) is 0 Å². The fraction of sp³-hybridized carbons (Fsp3) is 0.900. The van der Waals surface area contributed by atoms with Crippen molar-refractivity contribution in [2.45, 2.75) is 47.8 Å². The van der Waals surface area contributed by atoms with Gasteiger partial charge in [-0.1, -0.05) is 0 Å². The predicted octanol–water partition coefficient (Wildman–Crippen LogP) is 4.77. The van der Waals surface area contributed by atoms with Crippen LogP contribution >= 0.6 is 11.6 Å². The van der Waals surface area contributed by atoms with Crippen LogP contribution in [0.5, 0.6) is 0 Å². The van der Waals surface area contributed by atoms with Gasteiger partial charge in [-0.25, -0.2) is 0 Å². The molecule has 0 aromatic rings. The maximum absolute atomic E-state index is 13.2. The third kappa shape index (κ3) is 3.37. The van der Waals surface area contributed by atoms with Crippen molar-refractivity contribution < 1.29 is 66.3 Å². The molecule has 1 amide bonds. The van der Waals surface area contributed by atoms with E-state index in [0.717, 1.165) is 12.2 Å². The average molecular weight is 458 g/mol. The van der Waals surface area contributed by atoms with Gasteiger partial charge in [0.25, 0.3) is 5.91 Å². The smallest absolute Gasteiger partial charge is 0.351 e. The first-order valence-electron chi connectivity index (χ1n) is 6.10. The molecule has 0 saturated carbocycles. The van der Waals surface area contributed by atoms with Crippen LogP contribution in [0.4, 0.5) is 61.5 Å². The van der Waals surface area contributed by atoms with Crippen molar-refractivity contribution in [1.29, 1.82) is 0 Å².